The van der Waals surface area contributed by atoms with Crippen molar-refractivity contribution in [1.29, 1.82) is 0 Å². The van der Waals surface area contributed by atoms with Crippen LogP contribution in [0.15, 0.2) is 18.2 Å². The predicted octanol–water partition coefficient (Wildman–Crippen LogP) is 2.89. The molecule has 0 unspecified atom stereocenters. The molecular formula is C14H19NO. The molecule has 0 aromatic heterocycles. The first-order valence-electron chi connectivity index (χ1n) is 5.81. The van der Waals surface area contributed by atoms with Crippen molar-refractivity contribution in [3.05, 3.63) is 29.3 Å². The van der Waals surface area contributed by atoms with E-state index in [1.165, 1.54) is 11.1 Å². The Labute approximate surface area is 97.3 Å². The van der Waals surface area contributed by atoms with Gasteiger partial charge < -0.3 is 4.90 Å². The van der Waals surface area contributed by atoms with Crippen LogP contribution in [-0.2, 0) is 16.6 Å². The summed E-state index contributed by atoms with van der Waals surface area (Å²) in [7, 11) is 0. The van der Waals surface area contributed by atoms with E-state index in [9.17, 15) is 4.79 Å². The molecule has 0 fully saturated rings. The van der Waals surface area contributed by atoms with E-state index in [2.05, 4.69) is 39.0 Å². The minimum atomic E-state index is 0.139. The number of hydrogen-bond acceptors (Lipinski definition) is 1. The summed E-state index contributed by atoms with van der Waals surface area (Å²) >= 11 is 0. The van der Waals surface area contributed by atoms with Gasteiger partial charge >= 0.3 is 0 Å². The van der Waals surface area contributed by atoms with Crippen LogP contribution in [0.4, 0.5) is 5.69 Å². The molecule has 0 spiro atoms. The first kappa shape index (κ1) is 11.2. The second-order valence-corrected chi connectivity index (χ2v) is 5.51. The van der Waals surface area contributed by atoms with Gasteiger partial charge in [-0.15, -0.1) is 0 Å². The van der Waals surface area contributed by atoms with Gasteiger partial charge in [0.2, 0.25) is 5.91 Å². The Morgan fingerprint density at radius 1 is 1.31 bits per heavy atom. The quantitative estimate of drug-likeness (QED) is 0.654. The molecule has 2 heteroatoms. The zero-order valence-corrected chi connectivity index (χ0v) is 10.5. The smallest absolute Gasteiger partial charge is 0.223 e. The molecule has 0 N–H and O–H groups in total. The molecule has 0 radical (unpaired) electrons. The summed E-state index contributed by atoms with van der Waals surface area (Å²) in [5.74, 6) is 0.143. The van der Waals surface area contributed by atoms with E-state index in [1.54, 1.807) is 6.92 Å². The van der Waals surface area contributed by atoms with Crippen molar-refractivity contribution in [2.75, 3.05) is 11.4 Å². The average Bonchev–Trinajstić information content (AvgIpc) is 2.58. The Hall–Kier alpha value is -1.31. The van der Waals surface area contributed by atoms with Gasteiger partial charge in [0.25, 0.3) is 0 Å². The van der Waals surface area contributed by atoms with E-state index < -0.39 is 0 Å². The Morgan fingerprint density at radius 2 is 2.00 bits per heavy atom. The van der Waals surface area contributed by atoms with Crippen LogP contribution in [-0.4, -0.2) is 12.5 Å². The Bertz CT molecular complexity index is 429. The summed E-state index contributed by atoms with van der Waals surface area (Å²) in [6.07, 6.45) is 0.985. The minimum absolute atomic E-state index is 0.139. The van der Waals surface area contributed by atoms with Crippen LogP contribution in [0.5, 0.6) is 0 Å². The fraction of sp³-hybridized carbons (Fsp3) is 0.500. The predicted molar refractivity (Wildman–Crippen MR) is 66.9 cm³/mol. The molecule has 1 aliphatic rings. The summed E-state index contributed by atoms with van der Waals surface area (Å²) in [5, 5.41) is 0. The number of carbonyl (C=O) groups excluding carboxylic acids is 1. The van der Waals surface area contributed by atoms with Gasteiger partial charge in [-0.25, -0.2) is 0 Å². The van der Waals surface area contributed by atoms with Gasteiger partial charge in [0.15, 0.2) is 0 Å². The van der Waals surface area contributed by atoms with Gasteiger partial charge in [-0.2, -0.15) is 0 Å². The van der Waals surface area contributed by atoms with Gasteiger partial charge in [-0.05, 0) is 29.0 Å². The number of hydrogen-bond donors (Lipinski definition) is 0. The van der Waals surface area contributed by atoms with Crippen molar-refractivity contribution in [2.24, 2.45) is 0 Å². The molecule has 1 aromatic carbocycles. The highest BCUT2D eigenvalue weighted by molar-refractivity contribution is 5.93. The number of benzene rings is 1. The summed E-state index contributed by atoms with van der Waals surface area (Å²) in [4.78, 5) is 13.4. The van der Waals surface area contributed by atoms with E-state index in [0.717, 1.165) is 18.7 Å². The van der Waals surface area contributed by atoms with Crippen molar-refractivity contribution in [1.82, 2.24) is 0 Å². The molecule has 0 atom stereocenters. The molecule has 0 saturated heterocycles. The number of anilines is 1. The second-order valence-electron chi connectivity index (χ2n) is 5.51. The lowest BCUT2D eigenvalue weighted by atomic mass is 9.86. The van der Waals surface area contributed by atoms with Gasteiger partial charge in [-0.1, -0.05) is 32.9 Å². The van der Waals surface area contributed by atoms with Crippen LogP contribution in [0.1, 0.15) is 38.8 Å². The fourth-order valence-electron chi connectivity index (χ4n) is 2.17. The topological polar surface area (TPSA) is 20.3 Å². The van der Waals surface area contributed by atoms with E-state index in [1.807, 2.05) is 4.90 Å². The number of fused-ring (bicyclic) bond motifs is 1. The molecule has 0 saturated carbocycles. The summed E-state index contributed by atoms with van der Waals surface area (Å²) in [6, 6.07) is 6.52. The molecule has 86 valence electrons. The maximum atomic E-state index is 11.5. The molecule has 1 heterocycles. The van der Waals surface area contributed by atoms with Crippen molar-refractivity contribution in [2.45, 2.75) is 39.5 Å². The summed E-state index contributed by atoms with van der Waals surface area (Å²) < 4.78 is 0. The number of rotatable bonds is 0. The van der Waals surface area contributed by atoms with Crippen LogP contribution in [0.25, 0.3) is 0 Å². The normalized spacial score (nSPS) is 15.1. The molecular weight excluding hydrogens is 198 g/mol. The maximum Gasteiger partial charge on any atom is 0.223 e. The van der Waals surface area contributed by atoms with Gasteiger partial charge in [-0.3, -0.25) is 4.79 Å². The van der Waals surface area contributed by atoms with Crippen LogP contribution >= 0.6 is 0 Å². The molecule has 1 amide bonds. The standard InChI is InChI=1S/C14H19NO/c1-10(16)15-8-7-11-5-6-12(9-13(11)15)14(2,3)4/h5-6,9H,7-8H2,1-4H3. The highest BCUT2D eigenvalue weighted by Gasteiger charge is 2.24. The third-order valence-corrected chi connectivity index (χ3v) is 3.23. The van der Waals surface area contributed by atoms with Crippen LogP contribution in [0.3, 0.4) is 0 Å². The molecule has 16 heavy (non-hydrogen) atoms. The molecule has 2 nitrogen and oxygen atoms in total. The molecule has 0 aliphatic carbocycles. The zero-order valence-electron chi connectivity index (χ0n) is 10.5. The second kappa shape index (κ2) is 3.62. The number of amides is 1. The highest BCUT2D eigenvalue weighted by Crippen LogP contribution is 2.33. The van der Waals surface area contributed by atoms with E-state index in [4.69, 9.17) is 0 Å². The van der Waals surface area contributed by atoms with Gasteiger partial charge in [0.05, 0.1) is 0 Å². The zero-order chi connectivity index (χ0) is 11.9. The Morgan fingerprint density at radius 3 is 2.56 bits per heavy atom. The molecule has 2 rings (SSSR count). The van der Waals surface area contributed by atoms with Gasteiger partial charge in [0, 0.05) is 19.2 Å². The monoisotopic (exact) mass is 217 g/mol. The largest absolute Gasteiger partial charge is 0.312 e. The lowest BCUT2D eigenvalue weighted by Crippen LogP contribution is -2.26. The first-order chi connectivity index (χ1) is 7.39. The van der Waals surface area contributed by atoms with E-state index in [-0.39, 0.29) is 11.3 Å². The number of carbonyl (C=O) groups is 1. The fourth-order valence-corrected chi connectivity index (χ4v) is 2.17. The van der Waals surface area contributed by atoms with Crippen molar-refractivity contribution in [3.8, 4) is 0 Å². The Kier molecular flexibility index (Phi) is 2.53. The van der Waals surface area contributed by atoms with Crippen LogP contribution < -0.4 is 4.90 Å². The molecule has 1 aromatic rings. The Balaban J connectivity index is 2.45. The lowest BCUT2D eigenvalue weighted by molar-refractivity contribution is -0.116. The van der Waals surface area contributed by atoms with E-state index >= 15 is 0 Å². The summed E-state index contributed by atoms with van der Waals surface area (Å²) in [5.41, 5.74) is 3.84. The average molecular weight is 217 g/mol. The van der Waals surface area contributed by atoms with Gasteiger partial charge in [0.1, 0.15) is 0 Å². The van der Waals surface area contributed by atoms with Crippen LogP contribution in [0, 0.1) is 0 Å². The molecule has 1 aliphatic heterocycles. The SMILES string of the molecule is CC(=O)N1CCc2ccc(C(C)(C)C)cc21. The maximum absolute atomic E-state index is 11.5. The van der Waals surface area contributed by atoms with Crippen molar-refractivity contribution < 1.29 is 4.79 Å². The van der Waals surface area contributed by atoms with Crippen LogP contribution in [0.2, 0.25) is 0 Å². The lowest BCUT2D eigenvalue weighted by Gasteiger charge is -2.22. The molecule has 0 bridgehead atoms. The first-order valence-corrected chi connectivity index (χ1v) is 5.81. The van der Waals surface area contributed by atoms with Crippen molar-refractivity contribution >= 4 is 11.6 Å². The van der Waals surface area contributed by atoms with E-state index in [0.29, 0.717) is 0 Å². The third kappa shape index (κ3) is 1.84. The van der Waals surface area contributed by atoms with Crippen molar-refractivity contribution in [3.63, 3.8) is 0 Å². The highest BCUT2D eigenvalue weighted by atomic mass is 16.2. The minimum Gasteiger partial charge on any atom is -0.312 e. The summed E-state index contributed by atoms with van der Waals surface area (Å²) in [6.45, 7) is 9.06. The third-order valence-electron chi connectivity index (χ3n) is 3.23. The number of nitrogens with zero attached hydrogens (tertiary/aromatic N) is 1.